The predicted molar refractivity (Wildman–Crippen MR) is 70.7 cm³/mol. The van der Waals surface area contributed by atoms with Crippen LogP contribution in [0.1, 0.15) is 19.2 Å². The number of halogens is 2. The van der Waals surface area contributed by atoms with Crippen LogP contribution in [0, 0.1) is 6.92 Å². The standard InChI is InChI=1S/C11H12Cl2N4O/c1-3-4-16-7(2)15-17(11(16)18)10-9(13)5-8(12)6-14-10/h5-6H,3-4H2,1-2H3. The first-order valence-electron chi connectivity index (χ1n) is 5.52. The zero-order valence-electron chi connectivity index (χ0n) is 10.0. The third kappa shape index (κ3) is 2.28. The SMILES string of the molecule is CCCn1c(C)nn(-c2ncc(Cl)cc2Cl)c1=O. The van der Waals surface area contributed by atoms with Crippen molar-refractivity contribution >= 4 is 23.2 Å². The summed E-state index contributed by atoms with van der Waals surface area (Å²) in [6.07, 6.45) is 2.29. The Hall–Kier alpha value is -1.33. The van der Waals surface area contributed by atoms with Gasteiger partial charge in [-0.25, -0.2) is 9.78 Å². The summed E-state index contributed by atoms with van der Waals surface area (Å²) in [4.78, 5) is 16.2. The van der Waals surface area contributed by atoms with Gasteiger partial charge in [-0.1, -0.05) is 30.1 Å². The summed E-state index contributed by atoms with van der Waals surface area (Å²) in [5.74, 6) is 0.929. The van der Waals surface area contributed by atoms with E-state index in [9.17, 15) is 4.79 Å². The Balaban J connectivity index is 2.58. The molecule has 2 heterocycles. The van der Waals surface area contributed by atoms with Crippen LogP contribution < -0.4 is 5.69 Å². The highest BCUT2D eigenvalue weighted by atomic mass is 35.5. The van der Waals surface area contributed by atoms with Crippen LogP contribution in [0.2, 0.25) is 10.0 Å². The fourth-order valence-corrected chi connectivity index (χ4v) is 2.14. The second-order valence-corrected chi connectivity index (χ2v) is 4.70. The van der Waals surface area contributed by atoms with E-state index < -0.39 is 0 Å². The van der Waals surface area contributed by atoms with Crippen molar-refractivity contribution < 1.29 is 0 Å². The van der Waals surface area contributed by atoms with Gasteiger partial charge in [-0.05, 0) is 19.4 Å². The van der Waals surface area contributed by atoms with E-state index in [1.807, 2.05) is 6.92 Å². The molecule has 5 nitrogen and oxygen atoms in total. The largest absolute Gasteiger partial charge is 0.352 e. The van der Waals surface area contributed by atoms with Gasteiger partial charge in [-0.15, -0.1) is 5.10 Å². The third-order valence-electron chi connectivity index (χ3n) is 2.48. The maximum absolute atomic E-state index is 12.1. The second-order valence-electron chi connectivity index (χ2n) is 3.85. The fraction of sp³-hybridized carbons (Fsp3) is 0.364. The van der Waals surface area contributed by atoms with E-state index >= 15 is 0 Å². The van der Waals surface area contributed by atoms with Crippen molar-refractivity contribution in [3.05, 3.63) is 38.6 Å². The van der Waals surface area contributed by atoms with E-state index in [2.05, 4.69) is 10.1 Å². The molecule has 0 fully saturated rings. The Morgan fingerprint density at radius 3 is 2.72 bits per heavy atom. The molecule has 0 amide bonds. The summed E-state index contributed by atoms with van der Waals surface area (Å²) in [5, 5.41) is 4.88. The van der Waals surface area contributed by atoms with Crippen LogP contribution in [-0.2, 0) is 6.54 Å². The predicted octanol–water partition coefficient (Wildman–Crippen LogP) is 2.45. The van der Waals surface area contributed by atoms with E-state index in [-0.39, 0.29) is 5.69 Å². The summed E-state index contributed by atoms with van der Waals surface area (Å²) in [6, 6.07) is 1.53. The van der Waals surface area contributed by atoms with Gasteiger partial charge in [0, 0.05) is 12.7 Å². The summed E-state index contributed by atoms with van der Waals surface area (Å²) in [5.41, 5.74) is -0.244. The van der Waals surface area contributed by atoms with Crippen molar-refractivity contribution in [3.8, 4) is 5.82 Å². The second kappa shape index (κ2) is 5.12. The minimum absolute atomic E-state index is 0.244. The molecular weight excluding hydrogens is 275 g/mol. The van der Waals surface area contributed by atoms with Gasteiger partial charge in [0.2, 0.25) is 0 Å². The third-order valence-corrected chi connectivity index (χ3v) is 2.97. The summed E-state index contributed by atoms with van der Waals surface area (Å²) < 4.78 is 2.79. The first-order chi connectivity index (χ1) is 8.54. The highest BCUT2D eigenvalue weighted by molar-refractivity contribution is 6.35. The van der Waals surface area contributed by atoms with Gasteiger partial charge in [0.25, 0.3) is 0 Å². The molecule has 0 bridgehead atoms. The molecule has 0 aliphatic heterocycles. The molecule has 0 aliphatic carbocycles. The van der Waals surface area contributed by atoms with Crippen molar-refractivity contribution in [2.24, 2.45) is 0 Å². The minimum Gasteiger partial charge on any atom is -0.279 e. The molecular formula is C11H12Cl2N4O. The quantitative estimate of drug-likeness (QED) is 0.871. The van der Waals surface area contributed by atoms with Crippen LogP contribution in [0.25, 0.3) is 5.82 Å². The molecule has 0 N–H and O–H groups in total. The Labute approximate surface area is 114 Å². The van der Waals surface area contributed by atoms with E-state index in [1.165, 1.54) is 16.9 Å². The van der Waals surface area contributed by atoms with Gasteiger partial charge in [0.1, 0.15) is 5.82 Å². The summed E-state index contributed by atoms with van der Waals surface area (Å²) in [6.45, 7) is 4.39. The molecule has 0 aliphatic rings. The molecule has 96 valence electrons. The first kappa shape index (κ1) is 13.1. The van der Waals surface area contributed by atoms with E-state index in [0.717, 1.165) is 6.42 Å². The van der Waals surface area contributed by atoms with Crippen LogP contribution in [0.3, 0.4) is 0 Å². The normalized spacial score (nSPS) is 10.9. The average Bonchev–Trinajstić information content (AvgIpc) is 2.58. The van der Waals surface area contributed by atoms with Crippen LogP contribution in [-0.4, -0.2) is 19.3 Å². The number of aryl methyl sites for hydroxylation is 1. The number of aromatic nitrogens is 4. The van der Waals surface area contributed by atoms with Gasteiger partial charge in [0.05, 0.1) is 10.0 Å². The maximum atomic E-state index is 12.1. The first-order valence-corrected chi connectivity index (χ1v) is 6.28. The lowest BCUT2D eigenvalue weighted by atomic mass is 10.4. The Morgan fingerprint density at radius 1 is 1.39 bits per heavy atom. The van der Waals surface area contributed by atoms with Crippen molar-refractivity contribution in [2.45, 2.75) is 26.8 Å². The highest BCUT2D eigenvalue weighted by Gasteiger charge is 2.14. The van der Waals surface area contributed by atoms with Gasteiger partial charge in [-0.3, -0.25) is 4.57 Å². The minimum atomic E-state index is -0.244. The molecule has 0 atom stereocenters. The monoisotopic (exact) mass is 286 g/mol. The fourth-order valence-electron chi connectivity index (χ4n) is 1.68. The number of pyridine rings is 1. The van der Waals surface area contributed by atoms with E-state index in [0.29, 0.717) is 28.2 Å². The topological polar surface area (TPSA) is 52.7 Å². The number of hydrogen-bond acceptors (Lipinski definition) is 3. The van der Waals surface area contributed by atoms with Crippen molar-refractivity contribution in [3.63, 3.8) is 0 Å². The van der Waals surface area contributed by atoms with Crippen molar-refractivity contribution in [1.82, 2.24) is 19.3 Å². The zero-order valence-corrected chi connectivity index (χ0v) is 11.5. The zero-order chi connectivity index (χ0) is 13.3. The number of rotatable bonds is 3. The smallest absolute Gasteiger partial charge is 0.279 e. The molecule has 0 unspecified atom stereocenters. The van der Waals surface area contributed by atoms with Crippen molar-refractivity contribution in [2.75, 3.05) is 0 Å². The van der Waals surface area contributed by atoms with E-state index in [1.54, 1.807) is 11.5 Å². The van der Waals surface area contributed by atoms with Crippen LogP contribution in [0.5, 0.6) is 0 Å². The number of nitrogens with zero attached hydrogens (tertiary/aromatic N) is 4. The molecule has 0 saturated heterocycles. The maximum Gasteiger partial charge on any atom is 0.352 e. The molecule has 0 aromatic carbocycles. The van der Waals surface area contributed by atoms with Gasteiger partial charge in [-0.2, -0.15) is 4.68 Å². The lowest BCUT2D eigenvalue weighted by Gasteiger charge is -2.01. The van der Waals surface area contributed by atoms with Gasteiger partial charge < -0.3 is 0 Å². The molecule has 2 aromatic heterocycles. The summed E-state index contributed by atoms with van der Waals surface area (Å²) in [7, 11) is 0. The molecule has 18 heavy (non-hydrogen) atoms. The highest BCUT2D eigenvalue weighted by Crippen LogP contribution is 2.20. The van der Waals surface area contributed by atoms with Crippen LogP contribution in [0.4, 0.5) is 0 Å². The molecule has 7 heteroatoms. The Bertz CT molecular complexity index is 632. The average molecular weight is 287 g/mol. The van der Waals surface area contributed by atoms with Crippen LogP contribution >= 0.6 is 23.2 Å². The number of hydrogen-bond donors (Lipinski definition) is 0. The lowest BCUT2D eigenvalue weighted by Crippen LogP contribution is -2.24. The van der Waals surface area contributed by atoms with E-state index in [4.69, 9.17) is 23.2 Å². The molecule has 0 radical (unpaired) electrons. The Kier molecular flexibility index (Phi) is 3.73. The van der Waals surface area contributed by atoms with Gasteiger partial charge in [0.15, 0.2) is 5.82 Å². The lowest BCUT2D eigenvalue weighted by molar-refractivity contribution is 0.632. The summed E-state index contributed by atoms with van der Waals surface area (Å²) >= 11 is 11.8. The Morgan fingerprint density at radius 2 is 2.11 bits per heavy atom. The van der Waals surface area contributed by atoms with Crippen molar-refractivity contribution in [1.29, 1.82) is 0 Å². The molecule has 0 saturated carbocycles. The molecule has 2 rings (SSSR count). The molecule has 2 aromatic rings. The van der Waals surface area contributed by atoms with Crippen LogP contribution in [0.15, 0.2) is 17.1 Å². The molecule has 0 spiro atoms. The van der Waals surface area contributed by atoms with Gasteiger partial charge >= 0.3 is 5.69 Å².